The number of benzene rings is 2. The molecule has 3 aromatic rings. The molecule has 7 nitrogen and oxygen atoms in total. The van der Waals surface area contributed by atoms with Crippen LogP contribution in [0.2, 0.25) is 0 Å². The van der Waals surface area contributed by atoms with Gasteiger partial charge in [0, 0.05) is 24.4 Å². The van der Waals surface area contributed by atoms with Crippen molar-refractivity contribution in [2.75, 3.05) is 19.8 Å². The molecule has 0 aliphatic rings. The first kappa shape index (κ1) is 23.8. The summed E-state index contributed by atoms with van der Waals surface area (Å²) in [6.07, 6.45) is 5.41. The minimum absolute atomic E-state index is 0.304. The van der Waals surface area contributed by atoms with Crippen LogP contribution in [0.25, 0.3) is 0 Å². The number of hydrogen-bond acceptors (Lipinski definition) is 6. The highest BCUT2D eigenvalue weighted by molar-refractivity contribution is 5.94. The lowest BCUT2D eigenvalue weighted by atomic mass is 10.1. The van der Waals surface area contributed by atoms with Crippen LogP contribution < -0.4 is 19.6 Å². The lowest BCUT2D eigenvalue weighted by Crippen LogP contribution is -2.17. The predicted molar refractivity (Wildman–Crippen MR) is 128 cm³/mol. The molecular weight excluding hydrogens is 418 g/mol. The minimum Gasteiger partial charge on any atom is -0.493 e. The van der Waals surface area contributed by atoms with E-state index in [1.165, 1.54) is 11.1 Å². The molecule has 0 atom stereocenters. The van der Waals surface area contributed by atoms with Gasteiger partial charge in [0.1, 0.15) is 5.75 Å². The van der Waals surface area contributed by atoms with Crippen LogP contribution in [0, 0.1) is 13.8 Å². The van der Waals surface area contributed by atoms with Crippen LogP contribution in [0.5, 0.6) is 17.2 Å². The number of aryl methyl sites for hydroxylation is 2. The molecule has 0 spiro atoms. The van der Waals surface area contributed by atoms with E-state index in [9.17, 15) is 4.79 Å². The molecule has 0 fully saturated rings. The fourth-order valence-corrected chi connectivity index (χ4v) is 3.17. The first-order valence-electron chi connectivity index (χ1n) is 10.9. The molecule has 3 rings (SSSR count). The molecule has 7 heteroatoms. The smallest absolute Gasteiger partial charge is 0.271 e. The highest BCUT2D eigenvalue weighted by atomic mass is 16.5. The molecule has 0 bridgehead atoms. The van der Waals surface area contributed by atoms with Gasteiger partial charge in [0.15, 0.2) is 11.5 Å². The molecule has 0 unspecified atom stereocenters. The third-order valence-corrected chi connectivity index (χ3v) is 4.60. The van der Waals surface area contributed by atoms with Gasteiger partial charge >= 0.3 is 0 Å². The normalized spacial score (nSPS) is 10.8. The summed E-state index contributed by atoms with van der Waals surface area (Å²) in [7, 11) is 0. The number of amides is 1. The van der Waals surface area contributed by atoms with Gasteiger partial charge in [-0.3, -0.25) is 9.78 Å². The lowest BCUT2D eigenvalue weighted by molar-refractivity contribution is 0.0955. The first-order chi connectivity index (χ1) is 16.0. The number of nitrogens with one attached hydrogen (secondary N) is 1. The molecule has 1 amide bonds. The van der Waals surface area contributed by atoms with Gasteiger partial charge in [-0.1, -0.05) is 6.07 Å². The third kappa shape index (κ3) is 7.64. The van der Waals surface area contributed by atoms with Gasteiger partial charge in [0.05, 0.1) is 26.0 Å². The minimum atomic E-state index is -0.304. The van der Waals surface area contributed by atoms with E-state index in [4.69, 9.17) is 14.2 Å². The fraction of sp³-hybridized carbons (Fsp3) is 0.269. The quantitative estimate of drug-likeness (QED) is 0.262. The van der Waals surface area contributed by atoms with E-state index in [1.54, 1.807) is 30.7 Å². The Kier molecular flexibility index (Phi) is 8.82. The average molecular weight is 448 g/mol. The molecule has 0 saturated carbocycles. The molecule has 0 aliphatic carbocycles. The molecule has 0 aliphatic heterocycles. The summed E-state index contributed by atoms with van der Waals surface area (Å²) in [5, 5.41) is 4.02. The molecule has 1 N–H and O–H groups in total. The molecule has 172 valence electrons. The summed E-state index contributed by atoms with van der Waals surface area (Å²) in [4.78, 5) is 15.9. The van der Waals surface area contributed by atoms with Gasteiger partial charge in [-0.05, 0) is 79.9 Å². The molecule has 33 heavy (non-hydrogen) atoms. The number of nitrogens with zero attached hydrogens (tertiary/aromatic N) is 2. The van der Waals surface area contributed by atoms with E-state index in [0.717, 1.165) is 17.7 Å². The number of hydrazone groups is 1. The van der Waals surface area contributed by atoms with Gasteiger partial charge in [-0.2, -0.15) is 5.10 Å². The van der Waals surface area contributed by atoms with Crippen LogP contribution in [0.3, 0.4) is 0 Å². The highest BCUT2D eigenvalue weighted by Crippen LogP contribution is 2.28. The maximum atomic E-state index is 12.0. The van der Waals surface area contributed by atoms with Crippen LogP contribution in [-0.2, 0) is 0 Å². The monoisotopic (exact) mass is 447 g/mol. The van der Waals surface area contributed by atoms with E-state index < -0.39 is 0 Å². The van der Waals surface area contributed by atoms with Gasteiger partial charge in [-0.25, -0.2) is 5.43 Å². The van der Waals surface area contributed by atoms with Crippen molar-refractivity contribution >= 4 is 12.1 Å². The fourth-order valence-electron chi connectivity index (χ4n) is 3.17. The molecule has 2 aromatic carbocycles. The molecule has 1 aromatic heterocycles. The van der Waals surface area contributed by atoms with Crippen molar-refractivity contribution in [3.05, 3.63) is 83.2 Å². The number of ether oxygens (including phenoxy) is 3. The van der Waals surface area contributed by atoms with Crippen molar-refractivity contribution in [1.82, 2.24) is 10.4 Å². The van der Waals surface area contributed by atoms with E-state index in [2.05, 4.69) is 35.4 Å². The van der Waals surface area contributed by atoms with E-state index in [0.29, 0.717) is 36.9 Å². The standard InChI is InChI=1S/C26H29N3O4/c1-4-31-25-17-21(18-28-29-26(30)22-8-10-27-11-9-22)6-7-24(25)33-13-5-12-32-23-15-19(2)14-20(3)16-23/h6-11,14-18H,4-5,12-13H2,1-3H3,(H,29,30)/b28-18+. The van der Waals surface area contributed by atoms with Gasteiger partial charge in [0.25, 0.3) is 5.91 Å². The van der Waals surface area contributed by atoms with Gasteiger partial charge < -0.3 is 14.2 Å². The summed E-state index contributed by atoms with van der Waals surface area (Å²) in [6, 6.07) is 14.9. The molecule has 0 radical (unpaired) electrons. The topological polar surface area (TPSA) is 82.0 Å². The zero-order valence-corrected chi connectivity index (χ0v) is 19.2. The second-order valence-electron chi connectivity index (χ2n) is 7.45. The number of aromatic nitrogens is 1. The van der Waals surface area contributed by atoms with Crippen molar-refractivity contribution < 1.29 is 19.0 Å². The van der Waals surface area contributed by atoms with Crippen LogP contribution in [-0.4, -0.2) is 36.9 Å². The van der Waals surface area contributed by atoms with Crippen LogP contribution in [0.4, 0.5) is 0 Å². The summed E-state index contributed by atoms with van der Waals surface area (Å²) >= 11 is 0. The Labute approximate surface area is 194 Å². The second kappa shape index (κ2) is 12.2. The number of hydrogen-bond donors (Lipinski definition) is 1. The first-order valence-corrected chi connectivity index (χ1v) is 10.9. The Morgan fingerprint density at radius 2 is 1.67 bits per heavy atom. The Hall–Kier alpha value is -3.87. The van der Waals surface area contributed by atoms with Crippen molar-refractivity contribution in [2.24, 2.45) is 5.10 Å². The average Bonchev–Trinajstić information content (AvgIpc) is 2.80. The number of carbonyl (C=O) groups excluding carboxylic acids is 1. The van der Waals surface area contributed by atoms with Crippen molar-refractivity contribution in [2.45, 2.75) is 27.2 Å². The van der Waals surface area contributed by atoms with Crippen LogP contribution in [0.15, 0.2) is 66.0 Å². The SMILES string of the molecule is CCOc1cc(/C=N/NC(=O)c2ccncc2)ccc1OCCCOc1cc(C)cc(C)c1. The third-order valence-electron chi connectivity index (χ3n) is 4.60. The molecule has 1 heterocycles. The molecular formula is C26H29N3O4. The highest BCUT2D eigenvalue weighted by Gasteiger charge is 2.07. The largest absolute Gasteiger partial charge is 0.493 e. The second-order valence-corrected chi connectivity index (χ2v) is 7.45. The summed E-state index contributed by atoms with van der Waals surface area (Å²) in [6.45, 7) is 7.60. The maximum Gasteiger partial charge on any atom is 0.271 e. The molecule has 0 saturated heterocycles. The summed E-state index contributed by atoms with van der Waals surface area (Å²) in [5.41, 5.74) is 6.13. The lowest BCUT2D eigenvalue weighted by Gasteiger charge is -2.13. The van der Waals surface area contributed by atoms with E-state index in [-0.39, 0.29) is 5.91 Å². The zero-order valence-electron chi connectivity index (χ0n) is 19.2. The van der Waals surface area contributed by atoms with Crippen LogP contribution >= 0.6 is 0 Å². The van der Waals surface area contributed by atoms with Crippen LogP contribution in [0.1, 0.15) is 40.4 Å². The predicted octanol–water partition coefficient (Wildman–Crippen LogP) is 4.71. The Bertz CT molecular complexity index is 1060. The zero-order chi connectivity index (χ0) is 23.5. The van der Waals surface area contributed by atoms with Gasteiger partial charge in [0.2, 0.25) is 0 Å². The van der Waals surface area contributed by atoms with Crippen molar-refractivity contribution in [3.8, 4) is 17.2 Å². The van der Waals surface area contributed by atoms with E-state index >= 15 is 0 Å². The summed E-state index contributed by atoms with van der Waals surface area (Å²) < 4.78 is 17.5. The number of pyridine rings is 1. The van der Waals surface area contributed by atoms with Crippen molar-refractivity contribution in [3.63, 3.8) is 0 Å². The Balaban J connectivity index is 1.50. The number of rotatable bonds is 11. The summed E-state index contributed by atoms with van der Waals surface area (Å²) in [5.74, 6) is 1.85. The number of carbonyl (C=O) groups is 1. The van der Waals surface area contributed by atoms with Crippen molar-refractivity contribution in [1.29, 1.82) is 0 Å². The van der Waals surface area contributed by atoms with E-state index in [1.807, 2.05) is 37.3 Å². The maximum absolute atomic E-state index is 12.0. The Morgan fingerprint density at radius 1 is 0.939 bits per heavy atom. The Morgan fingerprint density at radius 3 is 2.39 bits per heavy atom. The van der Waals surface area contributed by atoms with Gasteiger partial charge in [-0.15, -0.1) is 0 Å².